The molecule has 0 spiro atoms. The molecule has 0 fully saturated rings. The number of aromatic amines is 1. The van der Waals surface area contributed by atoms with Gasteiger partial charge in [0.25, 0.3) is 0 Å². The second-order valence-corrected chi connectivity index (χ2v) is 5.75. The average molecular weight is 327 g/mol. The highest BCUT2D eigenvalue weighted by Gasteiger charge is 2.12. The van der Waals surface area contributed by atoms with E-state index in [4.69, 9.17) is 11.6 Å². The Kier molecular flexibility index (Phi) is 4.17. The fraction of sp³-hybridized carbons (Fsp3) is 0.111. The molecule has 2 N–H and O–H groups in total. The van der Waals surface area contributed by atoms with Crippen molar-refractivity contribution >= 4 is 39.9 Å². The zero-order valence-corrected chi connectivity index (χ0v) is 13.3. The van der Waals surface area contributed by atoms with Crippen molar-refractivity contribution < 1.29 is 9.59 Å². The Morgan fingerprint density at radius 3 is 2.74 bits per heavy atom. The molecule has 0 atom stereocenters. The molecule has 0 aliphatic carbocycles. The molecule has 4 nitrogen and oxygen atoms in total. The summed E-state index contributed by atoms with van der Waals surface area (Å²) in [5, 5.41) is 4.29. The van der Waals surface area contributed by atoms with Crippen molar-refractivity contribution in [2.75, 3.05) is 5.32 Å². The van der Waals surface area contributed by atoms with Gasteiger partial charge in [0.1, 0.15) is 0 Å². The standard InChI is InChI=1S/C18H15ClN2O2/c1-11(22)12-4-2-5-14(8-12)21-17(23)9-13-10-20-16-7-3-6-15(19)18(13)16/h2-8,10,20H,9H2,1H3,(H,21,23). The number of H-pyrrole nitrogens is 1. The molecule has 3 aromatic rings. The van der Waals surface area contributed by atoms with Crippen LogP contribution in [0.1, 0.15) is 22.8 Å². The van der Waals surface area contributed by atoms with Crippen molar-refractivity contribution in [3.8, 4) is 0 Å². The van der Waals surface area contributed by atoms with E-state index in [-0.39, 0.29) is 18.1 Å². The van der Waals surface area contributed by atoms with Gasteiger partial charge >= 0.3 is 0 Å². The van der Waals surface area contributed by atoms with Crippen molar-refractivity contribution in [3.05, 3.63) is 64.8 Å². The van der Waals surface area contributed by atoms with Crippen LogP contribution in [0.15, 0.2) is 48.7 Å². The van der Waals surface area contributed by atoms with Crippen molar-refractivity contribution in [1.82, 2.24) is 4.98 Å². The molecule has 23 heavy (non-hydrogen) atoms. The monoisotopic (exact) mass is 326 g/mol. The highest BCUT2D eigenvalue weighted by molar-refractivity contribution is 6.35. The smallest absolute Gasteiger partial charge is 0.228 e. The number of fused-ring (bicyclic) bond motifs is 1. The Bertz CT molecular complexity index is 899. The summed E-state index contributed by atoms with van der Waals surface area (Å²) in [5.74, 6) is -0.198. The summed E-state index contributed by atoms with van der Waals surface area (Å²) in [7, 11) is 0. The maximum Gasteiger partial charge on any atom is 0.228 e. The van der Waals surface area contributed by atoms with Gasteiger partial charge in [-0.2, -0.15) is 0 Å². The number of aromatic nitrogens is 1. The van der Waals surface area contributed by atoms with E-state index in [0.717, 1.165) is 16.5 Å². The van der Waals surface area contributed by atoms with Gasteiger partial charge in [-0.3, -0.25) is 9.59 Å². The summed E-state index contributed by atoms with van der Waals surface area (Å²) in [4.78, 5) is 26.8. The minimum Gasteiger partial charge on any atom is -0.361 e. The van der Waals surface area contributed by atoms with Crippen LogP contribution >= 0.6 is 11.6 Å². The Labute approximate surface area is 138 Å². The Hall–Kier alpha value is -2.59. The van der Waals surface area contributed by atoms with Gasteiger partial charge in [-0.1, -0.05) is 29.8 Å². The van der Waals surface area contributed by atoms with E-state index < -0.39 is 0 Å². The molecule has 116 valence electrons. The van der Waals surface area contributed by atoms with Crippen LogP contribution < -0.4 is 5.32 Å². The minimum absolute atomic E-state index is 0.0375. The van der Waals surface area contributed by atoms with Crippen molar-refractivity contribution in [2.24, 2.45) is 0 Å². The molecule has 5 heteroatoms. The summed E-state index contributed by atoms with van der Waals surface area (Å²) >= 11 is 6.21. The highest BCUT2D eigenvalue weighted by Crippen LogP contribution is 2.27. The van der Waals surface area contributed by atoms with Crippen LogP contribution in [-0.4, -0.2) is 16.7 Å². The van der Waals surface area contributed by atoms with Gasteiger partial charge in [0.15, 0.2) is 5.78 Å². The Balaban J connectivity index is 1.79. The first-order valence-electron chi connectivity index (χ1n) is 7.20. The van der Waals surface area contributed by atoms with Gasteiger partial charge in [-0.25, -0.2) is 0 Å². The molecule has 0 aliphatic heterocycles. The number of amides is 1. The van der Waals surface area contributed by atoms with Crippen LogP contribution in [0.25, 0.3) is 10.9 Å². The van der Waals surface area contributed by atoms with E-state index in [1.165, 1.54) is 6.92 Å². The van der Waals surface area contributed by atoms with E-state index in [2.05, 4.69) is 10.3 Å². The zero-order valence-electron chi connectivity index (χ0n) is 12.5. The predicted molar refractivity (Wildman–Crippen MR) is 92.1 cm³/mol. The fourth-order valence-electron chi connectivity index (χ4n) is 2.54. The third-order valence-electron chi connectivity index (χ3n) is 3.64. The number of Topliss-reactive ketones (excluding diaryl/α,β-unsaturated/α-hetero) is 1. The van der Waals surface area contributed by atoms with E-state index in [9.17, 15) is 9.59 Å². The SMILES string of the molecule is CC(=O)c1cccc(NC(=O)Cc2c[nH]c3cccc(Cl)c23)c1. The lowest BCUT2D eigenvalue weighted by molar-refractivity contribution is -0.115. The third-order valence-corrected chi connectivity index (χ3v) is 3.96. The summed E-state index contributed by atoms with van der Waals surface area (Å²) < 4.78 is 0. The summed E-state index contributed by atoms with van der Waals surface area (Å²) in [6.07, 6.45) is 2.00. The second-order valence-electron chi connectivity index (χ2n) is 5.34. The van der Waals surface area contributed by atoms with Gasteiger partial charge < -0.3 is 10.3 Å². The lowest BCUT2D eigenvalue weighted by Crippen LogP contribution is -2.14. The number of nitrogens with one attached hydrogen (secondary N) is 2. The number of carbonyl (C=O) groups is 2. The van der Waals surface area contributed by atoms with Gasteiger partial charge in [0, 0.05) is 28.4 Å². The number of anilines is 1. The molecular weight excluding hydrogens is 312 g/mol. The van der Waals surface area contributed by atoms with Crippen molar-refractivity contribution in [1.29, 1.82) is 0 Å². The van der Waals surface area contributed by atoms with Crippen LogP contribution in [0.3, 0.4) is 0 Å². The van der Waals surface area contributed by atoms with Crippen molar-refractivity contribution in [2.45, 2.75) is 13.3 Å². The number of hydrogen-bond acceptors (Lipinski definition) is 2. The maximum absolute atomic E-state index is 12.3. The third kappa shape index (κ3) is 3.27. The topological polar surface area (TPSA) is 62.0 Å². The number of carbonyl (C=O) groups excluding carboxylic acids is 2. The summed E-state index contributed by atoms with van der Waals surface area (Å²) in [6.45, 7) is 1.49. The minimum atomic E-state index is -0.161. The maximum atomic E-state index is 12.3. The quantitative estimate of drug-likeness (QED) is 0.706. The number of rotatable bonds is 4. The van der Waals surface area contributed by atoms with E-state index in [1.54, 1.807) is 36.5 Å². The molecule has 0 saturated heterocycles. The van der Waals surface area contributed by atoms with Gasteiger partial charge in [0.05, 0.1) is 11.4 Å². The number of hydrogen-bond donors (Lipinski definition) is 2. The zero-order chi connectivity index (χ0) is 16.4. The molecule has 0 radical (unpaired) electrons. The molecule has 3 rings (SSSR count). The van der Waals surface area contributed by atoms with E-state index in [0.29, 0.717) is 16.3 Å². The van der Waals surface area contributed by atoms with E-state index in [1.807, 2.05) is 12.1 Å². The van der Waals surface area contributed by atoms with Crippen LogP contribution in [0.5, 0.6) is 0 Å². The van der Waals surface area contributed by atoms with Gasteiger partial charge in [0.2, 0.25) is 5.91 Å². The first kappa shape index (κ1) is 15.3. The molecule has 1 heterocycles. The average Bonchev–Trinajstić information content (AvgIpc) is 2.91. The lowest BCUT2D eigenvalue weighted by Gasteiger charge is -2.06. The van der Waals surface area contributed by atoms with Gasteiger partial charge in [-0.05, 0) is 36.8 Å². The number of halogens is 1. The Morgan fingerprint density at radius 2 is 1.96 bits per heavy atom. The molecule has 1 aromatic heterocycles. The summed E-state index contributed by atoms with van der Waals surface area (Å²) in [6, 6.07) is 12.5. The molecule has 0 unspecified atom stereocenters. The van der Waals surface area contributed by atoms with Crippen LogP contribution in [0.4, 0.5) is 5.69 Å². The second kappa shape index (κ2) is 6.26. The fourth-order valence-corrected chi connectivity index (χ4v) is 2.84. The lowest BCUT2D eigenvalue weighted by atomic mass is 10.1. The first-order chi connectivity index (χ1) is 11.0. The molecule has 0 bridgehead atoms. The molecule has 1 amide bonds. The largest absolute Gasteiger partial charge is 0.361 e. The molecule has 0 saturated carbocycles. The molecule has 2 aromatic carbocycles. The number of benzene rings is 2. The van der Waals surface area contributed by atoms with Crippen LogP contribution in [0.2, 0.25) is 5.02 Å². The van der Waals surface area contributed by atoms with Crippen LogP contribution in [-0.2, 0) is 11.2 Å². The normalized spacial score (nSPS) is 10.7. The van der Waals surface area contributed by atoms with Gasteiger partial charge in [-0.15, -0.1) is 0 Å². The van der Waals surface area contributed by atoms with Crippen molar-refractivity contribution in [3.63, 3.8) is 0 Å². The highest BCUT2D eigenvalue weighted by atomic mass is 35.5. The first-order valence-corrected chi connectivity index (χ1v) is 7.58. The predicted octanol–water partition coefficient (Wildman–Crippen LogP) is 4.21. The Morgan fingerprint density at radius 1 is 1.17 bits per heavy atom. The number of ketones is 1. The molecule has 0 aliphatic rings. The molecular formula is C18H15ClN2O2. The van der Waals surface area contributed by atoms with Crippen LogP contribution in [0, 0.1) is 0 Å². The van der Waals surface area contributed by atoms with E-state index >= 15 is 0 Å². The summed E-state index contributed by atoms with van der Waals surface area (Å²) in [5.41, 5.74) is 2.91.